The van der Waals surface area contributed by atoms with Gasteiger partial charge < -0.3 is 14.5 Å². The summed E-state index contributed by atoms with van der Waals surface area (Å²) in [6, 6.07) is 9.90. The number of rotatable bonds is 7. The Morgan fingerprint density at radius 2 is 1.74 bits per heavy atom. The SMILES string of the molecule is Cc1ccc(Cn2nc(C)c(/C=C/C(=O)OCC(=O)N3CCN(c4ncccn4)CC3)c2Cl)cc1. The van der Waals surface area contributed by atoms with Gasteiger partial charge in [-0.25, -0.2) is 19.4 Å². The van der Waals surface area contributed by atoms with Crippen LogP contribution < -0.4 is 4.90 Å². The second-order valence-corrected chi connectivity index (χ2v) is 8.65. The van der Waals surface area contributed by atoms with Crippen LogP contribution in [0.15, 0.2) is 48.8 Å². The number of piperazine rings is 1. The molecule has 1 aliphatic rings. The topological polar surface area (TPSA) is 93.5 Å². The molecule has 2 aromatic heterocycles. The molecule has 0 spiro atoms. The normalized spacial score (nSPS) is 13.9. The minimum Gasteiger partial charge on any atom is -0.452 e. The van der Waals surface area contributed by atoms with E-state index in [2.05, 4.69) is 15.1 Å². The standard InChI is InChI=1S/C25H27ClN6O3/c1-18-4-6-20(7-5-18)16-32-24(26)21(19(2)29-32)8-9-23(34)35-17-22(33)30-12-14-31(15-13-30)25-27-10-3-11-28-25/h3-11H,12-17H2,1-2H3/b9-8+. The van der Waals surface area contributed by atoms with E-state index in [1.54, 1.807) is 34.1 Å². The monoisotopic (exact) mass is 494 g/mol. The zero-order chi connectivity index (χ0) is 24.8. The number of ether oxygens (including phenoxy) is 1. The van der Waals surface area contributed by atoms with Crippen LogP contribution in [0.5, 0.6) is 0 Å². The van der Waals surface area contributed by atoms with Crippen molar-refractivity contribution in [2.24, 2.45) is 0 Å². The minimum absolute atomic E-state index is 0.236. The molecule has 0 atom stereocenters. The second-order valence-electron chi connectivity index (χ2n) is 8.29. The molecule has 0 saturated carbocycles. The smallest absolute Gasteiger partial charge is 0.331 e. The van der Waals surface area contributed by atoms with Gasteiger partial charge in [-0.3, -0.25) is 4.79 Å². The van der Waals surface area contributed by atoms with E-state index in [1.165, 1.54) is 11.6 Å². The van der Waals surface area contributed by atoms with Crippen LogP contribution in [0.1, 0.15) is 22.4 Å². The van der Waals surface area contributed by atoms with E-state index in [9.17, 15) is 9.59 Å². The molecule has 4 rings (SSSR count). The molecule has 0 radical (unpaired) electrons. The van der Waals surface area contributed by atoms with Crippen molar-refractivity contribution in [3.63, 3.8) is 0 Å². The molecule has 0 unspecified atom stereocenters. The fourth-order valence-electron chi connectivity index (χ4n) is 3.76. The van der Waals surface area contributed by atoms with Crippen molar-refractivity contribution in [1.29, 1.82) is 0 Å². The Labute approximate surface area is 209 Å². The van der Waals surface area contributed by atoms with Gasteiger partial charge in [0.05, 0.1) is 12.2 Å². The molecule has 1 saturated heterocycles. The average molecular weight is 495 g/mol. The predicted molar refractivity (Wildman–Crippen MR) is 133 cm³/mol. The van der Waals surface area contributed by atoms with Gasteiger partial charge in [0.2, 0.25) is 5.95 Å². The number of esters is 1. The molecule has 3 heterocycles. The Morgan fingerprint density at radius 1 is 1.06 bits per heavy atom. The predicted octanol–water partition coefficient (Wildman–Crippen LogP) is 2.90. The summed E-state index contributed by atoms with van der Waals surface area (Å²) < 4.78 is 6.85. The third kappa shape index (κ3) is 6.24. The van der Waals surface area contributed by atoms with Gasteiger partial charge in [0.1, 0.15) is 5.15 Å². The Bertz CT molecular complexity index is 1200. The van der Waals surface area contributed by atoms with Crippen LogP contribution in [0, 0.1) is 13.8 Å². The quantitative estimate of drug-likeness (QED) is 0.368. The summed E-state index contributed by atoms with van der Waals surface area (Å²) in [7, 11) is 0. The number of hydrogen-bond donors (Lipinski definition) is 0. The lowest BCUT2D eigenvalue weighted by Gasteiger charge is -2.34. The number of amides is 1. The highest BCUT2D eigenvalue weighted by Gasteiger charge is 2.23. The van der Waals surface area contributed by atoms with E-state index in [1.807, 2.05) is 43.0 Å². The van der Waals surface area contributed by atoms with Crippen molar-refractivity contribution in [1.82, 2.24) is 24.6 Å². The van der Waals surface area contributed by atoms with Crippen LogP contribution in [0.25, 0.3) is 6.08 Å². The second kappa shape index (κ2) is 11.1. The third-order valence-electron chi connectivity index (χ3n) is 5.75. The first-order valence-electron chi connectivity index (χ1n) is 11.3. The van der Waals surface area contributed by atoms with Gasteiger partial charge in [0.15, 0.2) is 6.61 Å². The molecule has 10 heteroatoms. The fourth-order valence-corrected chi connectivity index (χ4v) is 4.06. The maximum Gasteiger partial charge on any atom is 0.331 e. The van der Waals surface area contributed by atoms with E-state index in [0.717, 1.165) is 5.56 Å². The number of benzene rings is 1. The summed E-state index contributed by atoms with van der Waals surface area (Å²) in [4.78, 5) is 36.8. The van der Waals surface area contributed by atoms with Crippen molar-refractivity contribution < 1.29 is 14.3 Å². The van der Waals surface area contributed by atoms with E-state index in [-0.39, 0.29) is 12.5 Å². The van der Waals surface area contributed by atoms with Crippen LogP contribution in [0.4, 0.5) is 5.95 Å². The fraction of sp³-hybridized carbons (Fsp3) is 0.320. The molecule has 9 nitrogen and oxygen atoms in total. The van der Waals surface area contributed by atoms with Crippen molar-refractivity contribution in [3.05, 3.63) is 76.3 Å². The highest BCUT2D eigenvalue weighted by atomic mass is 35.5. The molecule has 35 heavy (non-hydrogen) atoms. The van der Waals surface area contributed by atoms with Gasteiger partial charge in [0, 0.05) is 50.2 Å². The average Bonchev–Trinajstić information content (AvgIpc) is 3.15. The summed E-state index contributed by atoms with van der Waals surface area (Å²) in [5.41, 5.74) is 3.59. The highest BCUT2D eigenvalue weighted by Crippen LogP contribution is 2.22. The molecule has 0 aliphatic carbocycles. The summed E-state index contributed by atoms with van der Waals surface area (Å²) in [5, 5.41) is 4.91. The number of aromatic nitrogens is 4. The zero-order valence-electron chi connectivity index (χ0n) is 19.7. The maximum atomic E-state index is 12.5. The first kappa shape index (κ1) is 24.4. The van der Waals surface area contributed by atoms with E-state index < -0.39 is 5.97 Å². The first-order valence-corrected chi connectivity index (χ1v) is 11.7. The van der Waals surface area contributed by atoms with Crippen LogP contribution in [-0.2, 0) is 20.9 Å². The molecule has 0 bridgehead atoms. The molecular formula is C25H27ClN6O3. The number of hydrogen-bond acceptors (Lipinski definition) is 7. The minimum atomic E-state index is -0.614. The molecular weight excluding hydrogens is 468 g/mol. The van der Waals surface area contributed by atoms with E-state index in [0.29, 0.717) is 55.1 Å². The van der Waals surface area contributed by atoms with Crippen LogP contribution in [0.2, 0.25) is 5.15 Å². The zero-order valence-corrected chi connectivity index (χ0v) is 20.5. The van der Waals surface area contributed by atoms with Crippen LogP contribution >= 0.6 is 11.6 Å². The van der Waals surface area contributed by atoms with Gasteiger partial charge >= 0.3 is 5.97 Å². The lowest BCUT2D eigenvalue weighted by molar-refractivity contribution is -0.148. The lowest BCUT2D eigenvalue weighted by atomic mass is 10.1. The van der Waals surface area contributed by atoms with Crippen molar-refractivity contribution in [3.8, 4) is 0 Å². The molecule has 3 aromatic rings. The third-order valence-corrected chi connectivity index (χ3v) is 6.15. The number of aryl methyl sites for hydroxylation is 2. The van der Waals surface area contributed by atoms with Gasteiger partial charge in [-0.1, -0.05) is 41.4 Å². The highest BCUT2D eigenvalue weighted by molar-refractivity contribution is 6.31. The molecule has 1 aromatic carbocycles. The Hall–Kier alpha value is -3.72. The molecule has 1 amide bonds. The number of nitrogens with zero attached hydrogens (tertiary/aromatic N) is 6. The first-order chi connectivity index (χ1) is 16.9. The maximum absolute atomic E-state index is 12.5. The molecule has 1 fully saturated rings. The number of anilines is 1. The Morgan fingerprint density at radius 3 is 2.43 bits per heavy atom. The van der Waals surface area contributed by atoms with Gasteiger partial charge in [0.25, 0.3) is 5.91 Å². The number of halogens is 1. The molecule has 1 aliphatic heterocycles. The molecule has 0 N–H and O–H groups in total. The van der Waals surface area contributed by atoms with E-state index >= 15 is 0 Å². The van der Waals surface area contributed by atoms with Crippen molar-refractivity contribution >= 4 is 35.5 Å². The summed E-state index contributed by atoms with van der Waals surface area (Å²) >= 11 is 6.50. The largest absolute Gasteiger partial charge is 0.452 e. The Kier molecular flexibility index (Phi) is 7.77. The summed E-state index contributed by atoms with van der Waals surface area (Å²) in [6.07, 6.45) is 6.22. The van der Waals surface area contributed by atoms with Gasteiger partial charge in [-0.15, -0.1) is 0 Å². The van der Waals surface area contributed by atoms with Crippen molar-refractivity contribution in [2.45, 2.75) is 20.4 Å². The van der Waals surface area contributed by atoms with Gasteiger partial charge in [-0.2, -0.15) is 5.10 Å². The summed E-state index contributed by atoms with van der Waals surface area (Å²) in [6.45, 7) is 6.33. The van der Waals surface area contributed by atoms with Crippen molar-refractivity contribution in [2.75, 3.05) is 37.7 Å². The van der Waals surface area contributed by atoms with Gasteiger partial charge in [-0.05, 0) is 31.6 Å². The van der Waals surface area contributed by atoms with Crippen LogP contribution in [0.3, 0.4) is 0 Å². The Balaban J connectivity index is 1.27. The van der Waals surface area contributed by atoms with Crippen LogP contribution in [-0.4, -0.2) is 69.3 Å². The van der Waals surface area contributed by atoms with E-state index in [4.69, 9.17) is 16.3 Å². The number of carbonyl (C=O) groups is 2. The molecule has 182 valence electrons. The summed E-state index contributed by atoms with van der Waals surface area (Å²) in [5.74, 6) is -0.204. The number of carbonyl (C=O) groups excluding carboxylic acids is 2. The lowest BCUT2D eigenvalue weighted by Crippen LogP contribution is -2.50.